The van der Waals surface area contributed by atoms with Crippen molar-refractivity contribution >= 4 is 62.0 Å². The first-order valence-corrected chi connectivity index (χ1v) is 13.4. The minimum absolute atomic E-state index is 0.0959. The van der Waals surface area contributed by atoms with Gasteiger partial charge in [-0.05, 0) is 55.0 Å². The molecule has 3 rings (SSSR count). The second-order valence-corrected chi connectivity index (χ2v) is 10.3. The highest BCUT2D eigenvalue weighted by molar-refractivity contribution is 8.76. The van der Waals surface area contributed by atoms with Gasteiger partial charge in [0, 0.05) is 34.5 Å². The predicted molar refractivity (Wildman–Crippen MR) is 140 cm³/mol. The molecule has 1 heterocycles. The molecule has 0 spiro atoms. The Morgan fingerprint density at radius 1 is 1.06 bits per heavy atom. The van der Waals surface area contributed by atoms with Gasteiger partial charge in [-0.25, -0.2) is 4.79 Å². The second kappa shape index (κ2) is 12.9. The number of hydrogen-bond donors (Lipinski definition) is 1. The SMILES string of the molecule is COCCSSCOC(=O)NC(=O)Cc1c(C)n(C(=O)c2ccc(Cl)cc2)c2ccc(OC)cc12. The molecular formula is C24H25ClN2O6S2. The van der Waals surface area contributed by atoms with Gasteiger partial charge >= 0.3 is 6.09 Å². The maximum absolute atomic E-state index is 13.3. The smallest absolute Gasteiger partial charge is 0.414 e. The van der Waals surface area contributed by atoms with Crippen molar-refractivity contribution in [1.29, 1.82) is 0 Å². The third kappa shape index (κ3) is 6.94. The molecule has 0 saturated carbocycles. The number of halogens is 1. The lowest BCUT2D eigenvalue weighted by molar-refractivity contribution is -0.119. The van der Waals surface area contributed by atoms with Crippen LogP contribution in [0.5, 0.6) is 5.75 Å². The van der Waals surface area contributed by atoms with Crippen molar-refractivity contribution in [3.8, 4) is 5.75 Å². The van der Waals surface area contributed by atoms with Crippen LogP contribution >= 0.6 is 33.2 Å². The number of carbonyl (C=O) groups is 3. The van der Waals surface area contributed by atoms with E-state index in [-0.39, 0.29) is 18.3 Å². The van der Waals surface area contributed by atoms with E-state index in [0.717, 1.165) is 5.75 Å². The summed E-state index contributed by atoms with van der Waals surface area (Å²) in [6.45, 7) is 2.36. The topological polar surface area (TPSA) is 95.9 Å². The van der Waals surface area contributed by atoms with Crippen molar-refractivity contribution in [2.75, 3.05) is 32.5 Å². The van der Waals surface area contributed by atoms with Gasteiger partial charge in [0.2, 0.25) is 5.91 Å². The summed E-state index contributed by atoms with van der Waals surface area (Å²) in [5.41, 5.74) is 2.27. The summed E-state index contributed by atoms with van der Waals surface area (Å²) in [7, 11) is 6.00. The summed E-state index contributed by atoms with van der Waals surface area (Å²) in [5.74, 6) is 0.627. The predicted octanol–water partition coefficient (Wildman–Crippen LogP) is 5.08. The molecule has 0 aliphatic heterocycles. The zero-order chi connectivity index (χ0) is 25.4. The molecule has 2 aromatic carbocycles. The zero-order valence-corrected chi connectivity index (χ0v) is 21.8. The van der Waals surface area contributed by atoms with Crippen LogP contribution < -0.4 is 10.1 Å². The molecule has 0 radical (unpaired) electrons. The van der Waals surface area contributed by atoms with Crippen molar-refractivity contribution in [1.82, 2.24) is 9.88 Å². The molecule has 0 unspecified atom stereocenters. The molecule has 1 N–H and O–H groups in total. The maximum atomic E-state index is 13.3. The Hall–Kier alpha value is -2.66. The van der Waals surface area contributed by atoms with E-state index in [4.69, 9.17) is 25.8 Å². The standard InChI is InChI=1S/C24H25ClN2O6S2/c1-15-19(13-22(28)26-24(30)33-14-35-34-11-10-31-2)20-12-18(32-3)8-9-21(20)27(15)23(29)16-4-6-17(25)7-5-16/h4-9,12H,10-11,13-14H2,1-3H3,(H,26,28,30). The van der Waals surface area contributed by atoms with Gasteiger partial charge in [-0.2, -0.15) is 0 Å². The fraction of sp³-hybridized carbons (Fsp3) is 0.292. The molecule has 0 atom stereocenters. The number of aromatic nitrogens is 1. The monoisotopic (exact) mass is 536 g/mol. The van der Waals surface area contributed by atoms with Crippen LogP contribution in [0.1, 0.15) is 21.6 Å². The number of imide groups is 1. The van der Waals surface area contributed by atoms with Gasteiger partial charge in [0.1, 0.15) is 11.7 Å². The van der Waals surface area contributed by atoms with E-state index in [9.17, 15) is 14.4 Å². The Kier molecular flexibility index (Phi) is 9.91. The molecule has 11 heteroatoms. The Labute approximate surface area is 216 Å². The Balaban J connectivity index is 1.79. The summed E-state index contributed by atoms with van der Waals surface area (Å²) < 4.78 is 16.9. The number of carbonyl (C=O) groups excluding carboxylic acids is 3. The summed E-state index contributed by atoms with van der Waals surface area (Å²) in [5, 5.41) is 3.44. The van der Waals surface area contributed by atoms with E-state index in [1.54, 1.807) is 61.1 Å². The van der Waals surface area contributed by atoms with Crippen molar-refractivity contribution in [2.45, 2.75) is 13.3 Å². The molecule has 1 aromatic heterocycles. The van der Waals surface area contributed by atoms with E-state index >= 15 is 0 Å². The van der Waals surface area contributed by atoms with Gasteiger partial charge in [-0.1, -0.05) is 33.2 Å². The molecule has 8 nitrogen and oxygen atoms in total. The quantitative estimate of drug-likeness (QED) is 0.218. The van der Waals surface area contributed by atoms with Gasteiger partial charge in [0.25, 0.3) is 5.91 Å². The lowest BCUT2D eigenvalue weighted by Crippen LogP contribution is -2.32. The van der Waals surface area contributed by atoms with Crippen molar-refractivity contribution in [2.24, 2.45) is 0 Å². The summed E-state index contributed by atoms with van der Waals surface area (Å²) in [4.78, 5) is 38.0. The van der Waals surface area contributed by atoms with Crippen LogP contribution in [0.25, 0.3) is 10.9 Å². The number of alkyl carbamates (subject to hydrolysis) is 1. The van der Waals surface area contributed by atoms with Crippen LogP contribution in [-0.2, 0) is 20.7 Å². The van der Waals surface area contributed by atoms with E-state index in [2.05, 4.69) is 5.32 Å². The fourth-order valence-electron chi connectivity index (χ4n) is 3.44. The molecule has 186 valence electrons. The van der Waals surface area contributed by atoms with Crippen molar-refractivity contribution < 1.29 is 28.6 Å². The highest BCUT2D eigenvalue weighted by atomic mass is 35.5. The molecule has 0 fully saturated rings. The zero-order valence-electron chi connectivity index (χ0n) is 19.5. The molecule has 0 aliphatic carbocycles. The number of hydrogen-bond acceptors (Lipinski definition) is 8. The molecule has 0 aliphatic rings. The number of fused-ring (bicyclic) bond motifs is 1. The number of rotatable bonds is 10. The maximum Gasteiger partial charge on any atom is 0.414 e. The summed E-state index contributed by atoms with van der Waals surface area (Å²) in [6.07, 6.45) is -0.952. The highest BCUT2D eigenvalue weighted by Gasteiger charge is 2.23. The van der Waals surface area contributed by atoms with Gasteiger partial charge in [-0.15, -0.1) is 0 Å². The molecule has 2 amide bonds. The van der Waals surface area contributed by atoms with Crippen LogP contribution in [0.2, 0.25) is 5.02 Å². The number of benzene rings is 2. The van der Waals surface area contributed by atoms with Gasteiger partial charge in [0.05, 0.1) is 25.7 Å². The van der Waals surface area contributed by atoms with E-state index < -0.39 is 12.0 Å². The first-order valence-electron chi connectivity index (χ1n) is 10.5. The number of nitrogens with one attached hydrogen (secondary N) is 1. The van der Waals surface area contributed by atoms with Crippen LogP contribution in [0.4, 0.5) is 4.79 Å². The minimum Gasteiger partial charge on any atom is -0.497 e. The molecule has 0 saturated heterocycles. The van der Waals surface area contributed by atoms with Crippen molar-refractivity contribution in [3.63, 3.8) is 0 Å². The summed E-state index contributed by atoms with van der Waals surface area (Å²) in [6, 6.07) is 11.9. The molecular weight excluding hydrogens is 512 g/mol. The normalized spacial score (nSPS) is 10.9. The Bertz CT molecular complexity index is 1210. The van der Waals surface area contributed by atoms with Crippen molar-refractivity contribution in [3.05, 3.63) is 64.3 Å². The van der Waals surface area contributed by atoms with E-state index in [1.807, 2.05) is 0 Å². The number of methoxy groups -OCH3 is 2. The fourth-order valence-corrected chi connectivity index (χ4v) is 5.05. The first-order chi connectivity index (χ1) is 16.8. The lowest BCUT2D eigenvalue weighted by atomic mass is 10.1. The van der Waals surface area contributed by atoms with Gasteiger partial charge in [0.15, 0.2) is 0 Å². The molecule has 3 aromatic rings. The average molecular weight is 537 g/mol. The number of ether oxygens (including phenoxy) is 3. The Morgan fingerprint density at radius 2 is 1.80 bits per heavy atom. The van der Waals surface area contributed by atoms with Gasteiger partial charge in [-0.3, -0.25) is 19.5 Å². The summed E-state index contributed by atoms with van der Waals surface area (Å²) >= 11 is 5.96. The van der Waals surface area contributed by atoms with E-state index in [1.165, 1.54) is 28.7 Å². The molecule has 0 bridgehead atoms. The number of nitrogens with zero attached hydrogens (tertiary/aromatic N) is 1. The van der Waals surface area contributed by atoms with Gasteiger partial charge < -0.3 is 14.2 Å². The Morgan fingerprint density at radius 3 is 2.49 bits per heavy atom. The lowest BCUT2D eigenvalue weighted by Gasteiger charge is -2.08. The van der Waals surface area contributed by atoms with Crippen LogP contribution in [0, 0.1) is 6.92 Å². The molecule has 35 heavy (non-hydrogen) atoms. The third-order valence-corrected chi connectivity index (χ3v) is 7.36. The van der Waals surface area contributed by atoms with Crippen LogP contribution in [0.3, 0.4) is 0 Å². The second-order valence-electron chi connectivity index (χ2n) is 7.30. The van der Waals surface area contributed by atoms with E-state index in [0.29, 0.717) is 45.1 Å². The first kappa shape index (κ1) is 26.9. The average Bonchev–Trinajstić information content (AvgIpc) is 3.11. The number of amides is 2. The minimum atomic E-state index is -0.828. The largest absolute Gasteiger partial charge is 0.497 e. The van der Waals surface area contributed by atoms with Crippen LogP contribution in [-0.4, -0.2) is 55.0 Å². The third-order valence-electron chi connectivity index (χ3n) is 5.11. The highest BCUT2D eigenvalue weighted by Crippen LogP contribution is 2.31. The van der Waals surface area contributed by atoms with Crippen LogP contribution in [0.15, 0.2) is 42.5 Å².